The summed E-state index contributed by atoms with van der Waals surface area (Å²) >= 11 is 0. The standard InChI is InChI=1S/C26H32O.C26H32/c1-25(2,3)20-12-10-18(11-13-20)21-8-7-9-22-23(21)16-19(24(22)27)17-26(4)14-5-6-15-26;1-25(2,3)22-12-10-20(11-13-22)23-9-7-8-21-16-19(17-24(21)23)18-26(4)14-5-6-15-26/h7-13,19H,5-6,14-17H2,1-4H3;7-13,16H,5-6,14-15,17-18H2,1-4H3. The molecule has 0 saturated heterocycles. The summed E-state index contributed by atoms with van der Waals surface area (Å²) in [6.07, 6.45) is 17.8. The molecule has 0 amide bonds. The summed E-state index contributed by atoms with van der Waals surface area (Å²) < 4.78 is 0. The first-order valence-corrected chi connectivity index (χ1v) is 20.8. The van der Waals surface area contributed by atoms with Gasteiger partial charge in [-0.2, -0.15) is 0 Å². The van der Waals surface area contributed by atoms with Gasteiger partial charge in [-0.05, 0) is 123 Å². The van der Waals surface area contributed by atoms with Crippen LogP contribution in [0.3, 0.4) is 0 Å². The minimum absolute atomic E-state index is 0.162. The number of rotatable bonds is 6. The lowest BCUT2D eigenvalue weighted by Gasteiger charge is -2.26. The highest BCUT2D eigenvalue weighted by molar-refractivity contribution is 6.04. The lowest BCUT2D eigenvalue weighted by atomic mass is 9.78. The van der Waals surface area contributed by atoms with E-state index in [1.165, 1.54) is 108 Å². The van der Waals surface area contributed by atoms with Gasteiger partial charge in [0, 0.05) is 11.5 Å². The van der Waals surface area contributed by atoms with Crippen molar-refractivity contribution in [2.24, 2.45) is 16.7 Å². The number of carbonyl (C=O) groups excluding carboxylic acids is 1. The van der Waals surface area contributed by atoms with Crippen molar-refractivity contribution in [2.75, 3.05) is 0 Å². The van der Waals surface area contributed by atoms with Gasteiger partial charge in [-0.25, -0.2) is 0 Å². The monoisotopic (exact) mass is 704 g/mol. The van der Waals surface area contributed by atoms with E-state index >= 15 is 0 Å². The molecule has 1 heteroatoms. The third kappa shape index (κ3) is 8.21. The number of carbonyl (C=O) groups is 1. The molecule has 53 heavy (non-hydrogen) atoms. The number of fused-ring (bicyclic) bond motifs is 2. The maximum Gasteiger partial charge on any atom is 0.166 e. The van der Waals surface area contributed by atoms with Crippen LogP contribution >= 0.6 is 0 Å². The van der Waals surface area contributed by atoms with Crippen LogP contribution in [0.4, 0.5) is 0 Å². The third-order valence-corrected chi connectivity index (χ3v) is 13.4. The Morgan fingerprint density at radius 2 is 1.06 bits per heavy atom. The Kier molecular flexibility index (Phi) is 10.3. The Labute approximate surface area is 321 Å². The first-order valence-electron chi connectivity index (χ1n) is 20.8. The molecule has 1 atom stereocenters. The molecule has 4 aliphatic rings. The molecule has 0 heterocycles. The molecule has 278 valence electrons. The van der Waals surface area contributed by atoms with E-state index in [1.54, 1.807) is 5.57 Å². The molecular weight excluding hydrogens is 641 g/mol. The van der Waals surface area contributed by atoms with Gasteiger partial charge in [0.15, 0.2) is 5.78 Å². The summed E-state index contributed by atoms with van der Waals surface area (Å²) in [5.41, 5.74) is 16.2. The fraction of sp³-hybridized carbons (Fsp3) is 0.481. The van der Waals surface area contributed by atoms with Gasteiger partial charge in [-0.1, -0.05) is 178 Å². The molecule has 0 aromatic heterocycles. The van der Waals surface area contributed by atoms with Crippen LogP contribution in [-0.2, 0) is 23.7 Å². The molecule has 4 aromatic rings. The van der Waals surface area contributed by atoms with Gasteiger partial charge in [-0.15, -0.1) is 0 Å². The molecule has 0 radical (unpaired) electrons. The van der Waals surface area contributed by atoms with Gasteiger partial charge < -0.3 is 0 Å². The van der Waals surface area contributed by atoms with E-state index in [-0.39, 0.29) is 16.7 Å². The van der Waals surface area contributed by atoms with Crippen molar-refractivity contribution >= 4 is 11.9 Å². The molecule has 4 aliphatic carbocycles. The predicted molar refractivity (Wildman–Crippen MR) is 227 cm³/mol. The first-order chi connectivity index (χ1) is 25.1. The van der Waals surface area contributed by atoms with Crippen molar-refractivity contribution in [1.29, 1.82) is 0 Å². The average Bonchev–Trinajstić information content (AvgIpc) is 3.91. The van der Waals surface area contributed by atoms with Crippen molar-refractivity contribution < 1.29 is 4.79 Å². The second kappa shape index (κ2) is 14.5. The zero-order chi connectivity index (χ0) is 37.6. The molecule has 0 aliphatic heterocycles. The number of hydrogen-bond donors (Lipinski definition) is 0. The Morgan fingerprint density at radius 3 is 1.58 bits per heavy atom. The predicted octanol–water partition coefficient (Wildman–Crippen LogP) is 14.5. The fourth-order valence-corrected chi connectivity index (χ4v) is 10.1. The summed E-state index contributed by atoms with van der Waals surface area (Å²) in [6, 6.07) is 31.3. The lowest BCUT2D eigenvalue weighted by Crippen LogP contribution is -2.20. The van der Waals surface area contributed by atoms with Crippen molar-refractivity contribution in [2.45, 2.75) is 143 Å². The Bertz CT molecular complexity index is 1960. The van der Waals surface area contributed by atoms with Crippen LogP contribution in [0.5, 0.6) is 0 Å². The van der Waals surface area contributed by atoms with E-state index in [4.69, 9.17) is 0 Å². The van der Waals surface area contributed by atoms with E-state index in [0.717, 1.165) is 24.8 Å². The second-order valence-corrected chi connectivity index (χ2v) is 20.0. The minimum atomic E-state index is 0.162. The van der Waals surface area contributed by atoms with Crippen LogP contribution in [0, 0.1) is 16.7 Å². The van der Waals surface area contributed by atoms with Gasteiger partial charge in [0.05, 0.1) is 0 Å². The van der Waals surface area contributed by atoms with Crippen LogP contribution < -0.4 is 0 Å². The van der Waals surface area contributed by atoms with Crippen LogP contribution in [-0.4, -0.2) is 5.78 Å². The number of Topliss-reactive ketones (excluding diaryl/α,β-unsaturated/α-hetero) is 1. The topological polar surface area (TPSA) is 17.1 Å². The second-order valence-electron chi connectivity index (χ2n) is 20.0. The molecule has 2 saturated carbocycles. The lowest BCUT2D eigenvalue weighted by molar-refractivity contribution is 0.0893. The quantitative estimate of drug-likeness (QED) is 0.195. The Balaban J connectivity index is 0.000000164. The van der Waals surface area contributed by atoms with Crippen molar-refractivity contribution in [3.05, 3.63) is 124 Å². The molecular formula is C52H64O. The SMILES string of the molecule is CC1(CC2=Cc3cccc(-c4ccc(C(C)(C)C)cc4)c3C2)CCCC1.CC1(CC2Cc3c(cccc3-c3ccc(C(C)(C)C)cc3)C2=O)CCCC1. The molecule has 1 unspecified atom stereocenters. The van der Waals surface area contributed by atoms with Crippen molar-refractivity contribution in [1.82, 2.24) is 0 Å². The highest BCUT2D eigenvalue weighted by Gasteiger charge is 2.39. The van der Waals surface area contributed by atoms with E-state index < -0.39 is 0 Å². The van der Waals surface area contributed by atoms with E-state index in [0.29, 0.717) is 16.6 Å². The van der Waals surface area contributed by atoms with Crippen molar-refractivity contribution in [3.8, 4) is 22.3 Å². The molecule has 0 N–H and O–H groups in total. The van der Waals surface area contributed by atoms with Gasteiger partial charge in [0.2, 0.25) is 0 Å². The number of benzene rings is 4. The molecule has 8 rings (SSSR count). The summed E-state index contributed by atoms with van der Waals surface area (Å²) in [7, 11) is 0. The minimum Gasteiger partial charge on any atom is -0.294 e. The summed E-state index contributed by atoms with van der Waals surface area (Å²) in [6.45, 7) is 18.5. The normalized spacial score (nSPS) is 20.1. The average molecular weight is 705 g/mol. The number of hydrogen-bond acceptors (Lipinski definition) is 1. The third-order valence-electron chi connectivity index (χ3n) is 13.4. The van der Waals surface area contributed by atoms with Crippen LogP contribution in [0.25, 0.3) is 28.3 Å². The number of ketones is 1. The first kappa shape index (κ1) is 37.6. The van der Waals surface area contributed by atoms with E-state index in [1.807, 2.05) is 6.07 Å². The molecule has 1 nitrogen and oxygen atoms in total. The Morgan fingerprint density at radius 1 is 0.585 bits per heavy atom. The highest BCUT2D eigenvalue weighted by Crippen LogP contribution is 2.48. The largest absolute Gasteiger partial charge is 0.294 e. The molecule has 0 bridgehead atoms. The maximum atomic E-state index is 13.1. The summed E-state index contributed by atoms with van der Waals surface area (Å²) in [4.78, 5) is 13.1. The fourth-order valence-electron chi connectivity index (χ4n) is 10.1. The maximum absolute atomic E-state index is 13.1. The highest BCUT2D eigenvalue weighted by atomic mass is 16.1. The molecule has 4 aromatic carbocycles. The van der Waals surface area contributed by atoms with Gasteiger partial charge in [0.1, 0.15) is 0 Å². The van der Waals surface area contributed by atoms with Crippen LogP contribution in [0.15, 0.2) is 90.5 Å². The molecule has 2 fully saturated rings. The summed E-state index contributed by atoms with van der Waals surface area (Å²) in [5.74, 6) is 0.560. The van der Waals surface area contributed by atoms with Crippen molar-refractivity contribution in [3.63, 3.8) is 0 Å². The van der Waals surface area contributed by atoms with Gasteiger partial charge in [-0.3, -0.25) is 4.79 Å². The van der Waals surface area contributed by atoms with Crippen LogP contribution in [0.2, 0.25) is 0 Å². The number of allylic oxidation sites excluding steroid dienone is 1. The van der Waals surface area contributed by atoms with E-state index in [2.05, 4.69) is 140 Å². The van der Waals surface area contributed by atoms with E-state index in [9.17, 15) is 4.79 Å². The van der Waals surface area contributed by atoms with Gasteiger partial charge in [0.25, 0.3) is 0 Å². The molecule has 0 spiro atoms. The zero-order valence-electron chi connectivity index (χ0n) is 34.1. The smallest absolute Gasteiger partial charge is 0.166 e. The van der Waals surface area contributed by atoms with Crippen LogP contribution in [0.1, 0.15) is 158 Å². The Hall–Kier alpha value is -3.71. The van der Waals surface area contributed by atoms with Gasteiger partial charge >= 0.3 is 0 Å². The summed E-state index contributed by atoms with van der Waals surface area (Å²) in [5, 5.41) is 0. The zero-order valence-corrected chi connectivity index (χ0v) is 34.1.